The molecule has 2 heterocycles. The topological polar surface area (TPSA) is 115 Å². The largest absolute Gasteiger partial charge is 0.507 e. The molecule has 9 nitrogen and oxygen atoms in total. The lowest BCUT2D eigenvalue weighted by Crippen LogP contribution is -2.29. The number of anilines is 1. The maximum atomic E-state index is 13.7. The Bertz CT molecular complexity index is 1940. The number of amides is 1. The van der Waals surface area contributed by atoms with Crippen LogP contribution in [0.3, 0.4) is 0 Å². The second kappa shape index (κ2) is 13.1. The van der Waals surface area contributed by atoms with Crippen LogP contribution in [-0.4, -0.2) is 34.9 Å². The molecule has 6 rings (SSSR count). The average molecular weight is 633 g/mol. The molecular weight excluding hydrogens is 604 g/mol. The fraction of sp³-hybridized carbons (Fsp3) is 0.111. The van der Waals surface area contributed by atoms with Gasteiger partial charge in [0.1, 0.15) is 34.5 Å². The molecule has 1 N–H and O–H groups in total. The normalized spacial score (nSPS) is 15.5. The highest BCUT2D eigenvalue weighted by Crippen LogP contribution is 2.45. The quantitative estimate of drug-likeness (QED) is 0.0783. The standard InChI is InChI=1S/C36H28N2O7S/c1-22-33(35(42)43-2)46-36(37-22)38-30(25-12-9-15-28(20-25)45-27-13-7-4-8-14-27)29(32(40)34(38)41)31(39)24-16-18-26(19-17-24)44-21-23-10-5-3-6-11-23/h3-20,30,39H,21H2,1-2H3/b31-29+. The number of thiazole rings is 1. The van der Waals surface area contributed by atoms with Crippen LogP contribution in [0.5, 0.6) is 17.2 Å². The lowest BCUT2D eigenvalue weighted by molar-refractivity contribution is -0.132. The first-order chi connectivity index (χ1) is 22.3. The van der Waals surface area contributed by atoms with Crippen molar-refractivity contribution in [3.63, 3.8) is 0 Å². The number of esters is 1. The summed E-state index contributed by atoms with van der Waals surface area (Å²) in [4.78, 5) is 45.6. The maximum Gasteiger partial charge on any atom is 0.350 e. The van der Waals surface area contributed by atoms with Crippen LogP contribution in [0.2, 0.25) is 0 Å². The number of para-hydroxylation sites is 1. The Kier molecular flexibility index (Phi) is 8.62. The van der Waals surface area contributed by atoms with Gasteiger partial charge in [-0.1, -0.05) is 72.0 Å². The summed E-state index contributed by atoms with van der Waals surface area (Å²) in [5.74, 6) is -1.14. The van der Waals surface area contributed by atoms with E-state index in [4.69, 9.17) is 14.2 Å². The summed E-state index contributed by atoms with van der Waals surface area (Å²) in [6.07, 6.45) is 0. The lowest BCUT2D eigenvalue weighted by Gasteiger charge is -2.23. The number of aryl methyl sites for hydroxylation is 1. The highest BCUT2D eigenvalue weighted by Gasteiger charge is 2.48. The molecule has 0 aliphatic carbocycles. The van der Waals surface area contributed by atoms with Crippen molar-refractivity contribution < 1.29 is 33.7 Å². The molecule has 1 aromatic heterocycles. The highest BCUT2D eigenvalue weighted by atomic mass is 32.1. The Morgan fingerprint density at radius 3 is 2.24 bits per heavy atom. The molecule has 10 heteroatoms. The van der Waals surface area contributed by atoms with Gasteiger partial charge in [-0.05, 0) is 66.6 Å². The molecule has 0 radical (unpaired) electrons. The number of carbonyl (C=O) groups is 3. The van der Waals surface area contributed by atoms with Crippen molar-refractivity contribution in [2.75, 3.05) is 12.0 Å². The van der Waals surface area contributed by atoms with E-state index in [-0.39, 0.29) is 21.3 Å². The summed E-state index contributed by atoms with van der Waals surface area (Å²) in [6, 6.07) is 31.3. The van der Waals surface area contributed by atoms with Crippen molar-refractivity contribution in [3.8, 4) is 17.2 Å². The van der Waals surface area contributed by atoms with Gasteiger partial charge in [-0.2, -0.15) is 0 Å². The third kappa shape index (κ3) is 6.11. The smallest absolute Gasteiger partial charge is 0.350 e. The van der Waals surface area contributed by atoms with E-state index >= 15 is 0 Å². The second-order valence-electron chi connectivity index (χ2n) is 10.4. The summed E-state index contributed by atoms with van der Waals surface area (Å²) in [7, 11) is 1.25. The Morgan fingerprint density at radius 2 is 1.54 bits per heavy atom. The Hall–Kier alpha value is -5.74. The van der Waals surface area contributed by atoms with Gasteiger partial charge in [0.25, 0.3) is 5.78 Å². The zero-order valence-corrected chi connectivity index (χ0v) is 25.7. The third-order valence-electron chi connectivity index (χ3n) is 7.34. The molecule has 0 saturated carbocycles. The summed E-state index contributed by atoms with van der Waals surface area (Å²) in [5, 5.41) is 11.7. The number of methoxy groups -OCH3 is 1. The maximum absolute atomic E-state index is 13.7. The number of nitrogens with zero attached hydrogens (tertiary/aromatic N) is 2. The van der Waals surface area contributed by atoms with Gasteiger partial charge in [-0.15, -0.1) is 0 Å². The molecule has 0 spiro atoms. The molecule has 4 aromatic carbocycles. The van der Waals surface area contributed by atoms with Gasteiger partial charge < -0.3 is 19.3 Å². The molecule has 0 bridgehead atoms. The van der Waals surface area contributed by atoms with Crippen molar-refractivity contribution >= 4 is 39.9 Å². The number of carbonyl (C=O) groups excluding carboxylic acids is 3. The minimum absolute atomic E-state index is 0.114. The number of aromatic nitrogens is 1. The van der Waals surface area contributed by atoms with Crippen LogP contribution in [0, 0.1) is 6.92 Å². The van der Waals surface area contributed by atoms with Gasteiger partial charge in [0.2, 0.25) is 0 Å². The van der Waals surface area contributed by atoms with Gasteiger partial charge in [-0.3, -0.25) is 14.5 Å². The van der Waals surface area contributed by atoms with Crippen LogP contribution in [0.1, 0.15) is 38.1 Å². The van der Waals surface area contributed by atoms with Gasteiger partial charge in [0, 0.05) is 5.56 Å². The van der Waals surface area contributed by atoms with E-state index < -0.39 is 23.7 Å². The fourth-order valence-corrected chi connectivity index (χ4v) is 6.10. The van der Waals surface area contributed by atoms with Crippen molar-refractivity contribution in [1.82, 2.24) is 4.98 Å². The van der Waals surface area contributed by atoms with E-state index in [0.717, 1.165) is 16.9 Å². The van der Waals surface area contributed by atoms with Crippen LogP contribution in [0.15, 0.2) is 115 Å². The first-order valence-electron chi connectivity index (χ1n) is 14.3. The molecule has 1 saturated heterocycles. The van der Waals surface area contributed by atoms with Gasteiger partial charge in [0.15, 0.2) is 5.13 Å². The van der Waals surface area contributed by atoms with Crippen molar-refractivity contribution in [2.45, 2.75) is 19.6 Å². The number of aliphatic hydroxyl groups is 1. The number of benzene rings is 4. The average Bonchev–Trinajstić information content (AvgIpc) is 3.60. The van der Waals surface area contributed by atoms with E-state index in [0.29, 0.717) is 40.7 Å². The van der Waals surface area contributed by atoms with Crippen molar-refractivity contribution in [2.24, 2.45) is 0 Å². The first-order valence-corrected chi connectivity index (χ1v) is 15.1. The Morgan fingerprint density at radius 1 is 0.870 bits per heavy atom. The summed E-state index contributed by atoms with van der Waals surface area (Å²) < 4.78 is 16.8. The van der Waals surface area contributed by atoms with E-state index in [1.165, 1.54) is 12.0 Å². The predicted octanol–water partition coefficient (Wildman–Crippen LogP) is 7.24. The van der Waals surface area contributed by atoms with Gasteiger partial charge >= 0.3 is 11.9 Å². The third-order valence-corrected chi connectivity index (χ3v) is 8.47. The number of hydrogen-bond donors (Lipinski definition) is 1. The molecule has 46 heavy (non-hydrogen) atoms. The molecule has 1 aliphatic heterocycles. The minimum Gasteiger partial charge on any atom is -0.507 e. The second-order valence-corrected chi connectivity index (χ2v) is 11.3. The molecular formula is C36H28N2O7S. The Labute approximate surface area is 268 Å². The number of ketones is 1. The Balaban J connectivity index is 1.41. The molecule has 5 aromatic rings. The zero-order chi connectivity index (χ0) is 32.2. The van der Waals surface area contributed by atoms with E-state index in [9.17, 15) is 19.5 Å². The monoisotopic (exact) mass is 632 g/mol. The zero-order valence-electron chi connectivity index (χ0n) is 24.9. The lowest BCUT2D eigenvalue weighted by atomic mass is 9.95. The van der Waals surface area contributed by atoms with Crippen molar-refractivity contribution in [3.05, 3.63) is 142 Å². The summed E-state index contributed by atoms with van der Waals surface area (Å²) in [5.41, 5.74) is 2.02. The number of rotatable bonds is 9. The number of Topliss-reactive ketones (excluding diaryl/α,β-unsaturated/α-hetero) is 1. The van der Waals surface area contributed by atoms with E-state index in [1.54, 1.807) is 67.6 Å². The molecule has 1 amide bonds. The van der Waals surface area contributed by atoms with E-state index in [1.807, 2.05) is 48.5 Å². The minimum atomic E-state index is -1.08. The number of hydrogen-bond acceptors (Lipinski definition) is 9. The number of ether oxygens (including phenoxy) is 3. The van der Waals surface area contributed by atoms with Crippen LogP contribution >= 0.6 is 11.3 Å². The molecule has 1 atom stereocenters. The molecule has 1 fully saturated rings. The highest BCUT2D eigenvalue weighted by molar-refractivity contribution is 7.17. The number of aliphatic hydroxyl groups excluding tert-OH is 1. The summed E-state index contributed by atoms with van der Waals surface area (Å²) in [6.45, 7) is 1.98. The fourth-order valence-electron chi connectivity index (χ4n) is 5.09. The molecule has 1 unspecified atom stereocenters. The molecule has 1 aliphatic rings. The van der Waals surface area contributed by atoms with Crippen LogP contribution in [0.4, 0.5) is 5.13 Å². The SMILES string of the molecule is COC(=O)c1sc(N2C(=O)C(=O)/C(=C(/O)c3ccc(OCc4ccccc4)cc3)C2c2cccc(Oc3ccccc3)c2)nc1C. The molecule has 230 valence electrons. The van der Waals surface area contributed by atoms with Crippen LogP contribution < -0.4 is 14.4 Å². The first kappa shape index (κ1) is 30.3. The van der Waals surface area contributed by atoms with Crippen LogP contribution in [-0.2, 0) is 20.9 Å². The van der Waals surface area contributed by atoms with Crippen LogP contribution in [0.25, 0.3) is 5.76 Å². The predicted molar refractivity (Wildman–Crippen MR) is 173 cm³/mol. The summed E-state index contributed by atoms with van der Waals surface area (Å²) >= 11 is 0.931. The van der Waals surface area contributed by atoms with Gasteiger partial charge in [-0.25, -0.2) is 9.78 Å². The van der Waals surface area contributed by atoms with Crippen molar-refractivity contribution in [1.29, 1.82) is 0 Å². The van der Waals surface area contributed by atoms with E-state index in [2.05, 4.69) is 4.98 Å². The van der Waals surface area contributed by atoms with Gasteiger partial charge in [0.05, 0.1) is 24.4 Å².